The second-order valence-corrected chi connectivity index (χ2v) is 6.31. The highest BCUT2D eigenvalue weighted by atomic mass is 32.2. The van der Waals surface area contributed by atoms with Crippen LogP contribution in [0.1, 0.15) is 20.3 Å². The van der Waals surface area contributed by atoms with E-state index in [1.165, 1.54) is 0 Å². The van der Waals surface area contributed by atoms with Gasteiger partial charge in [0, 0.05) is 36.6 Å². The van der Waals surface area contributed by atoms with Gasteiger partial charge >= 0.3 is 0 Å². The van der Waals surface area contributed by atoms with Gasteiger partial charge in [-0.05, 0) is 12.5 Å². The molecule has 0 radical (unpaired) electrons. The van der Waals surface area contributed by atoms with E-state index in [0.717, 1.165) is 12.1 Å². The lowest BCUT2D eigenvalue weighted by atomic mass is 10.2. The van der Waals surface area contributed by atoms with Crippen LogP contribution in [0.5, 0.6) is 5.75 Å². The Labute approximate surface area is 120 Å². The Morgan fingerprint density at radius 2 is 2.00 bits per heavy atom. The Bertz CT molecular complexity index is 518. The van der Waals surface area contributed by atoms with Gasteiger partial charge in [-0.2, -0.15) is 0 Å². The van der Waals surface area contributed by atoms with Gasteiger partial charge in [-0.15, -0.1) is 0 Å². The first-order valence-corrected chi connectivity index (χ1v) is 8.36. The summed E-state index contributed by atoms with van der Waals surface area (Å²) in [7, 11) is -3.21. The molecule has 4 N–H and O–H groups in total. The van der Waals surface area contributed by atoms with Crippen molar-refractivity contribution in [1.29, 1.82) is 0 Å². The van der Waals surface area contributed by atoms with E-state index in [1.807, 2.05) is 13.0 Å². The number of benzene rings is 1. The molecule has 20 heavy (non-hydrogen) atoms. The van der Waals surface area contributed by atoms with Gasteiger partial charge in [0.15, 0.2) is 0 Å². The highest BCUT2D eigenvalue weighted by molar-refractivity contribution is 7.89. The highest BCUT2D eigenvalue weighted by Gasteiger charge is 2.08. The molecule has 0 aliphatic heterocycles. The third kappa shape index (κ3) is 6.12. The molecule has 0 saturated carbocycles. The van der Waals surface area contributed by atoms with Gasteiger partial charge in [0.2, 0.25) is 10.0 Å². The Morgan fingerprint density at radius 3 is 2.65 bits per heavy atom. The highest BCUT2D eigenvalue weighted by Crippen LogP contribution is 2.22. The maximum absolute atomic E-state index is 11.5. The molecular weight excluding hydrogens is 278 g/mol. The van der Waals surface area contributed by atoms with Crippen molar-refractivity contribution in [2.24, 2.45) is 0 Å². The van der Waals surface area contributed by atoms with Crippen LogP contribution in [0, 0.1) is 0 Å². The van der Waals surface area contributed by atoms with Crippen LogP contribution in [0.2, 0.25) is 0 Å². The second-order valence-electron chi connectivity index (χ2n) is 4.38. The van der Waals surface area contributed by atoms with E-state index in [1.54, 1.807) is 19.1 Å². The number of anilines is 2. The summed E-state index contributed by atoms with van der Waals surface area (Å²) < 4.78 is 30.9. The van der Waals surface area contributed by atoms with Crippen LogP contribution in [-0.2, 0) is 10.0 Å². The van der Waals surface area contributed by atoms with Gasteiger partial charge in [-0.25, -0.2) is 13.1 Å². The van der Waals surface area contributed by atoms with Gasteiger partial charge in [-0.3, -0.25) is 0 Å². The Kier molecular flexibility index (Phi) is 6.60. The predicted octanol–water partition coefficient (Wildman–Crippen LogP) is 1.41. The van der Waals surface area contributed by atoms with Crippen LogP contribution < -0.4 is 20.5 Å². The fourth-order valence-corrected chi connectivity index (χ4v) is 2.60. The van der Waals surface area contributed by atoms with Crippen LogP contribution in [0.4, 0.5) is 11.4 Å². The van der Waals surface area contributed by atoms with E-state index < -0.39 is 10.0 Å². The number of rotatable bonds is 9. The molecule has 0 aliphatic carbocycles. The normalized spacial score (nSPS) is 11.3. The number of ether oxygens (including phenoxy) is 1. The van der Waals surface area contributed by atoms with Crippen LogP contribution in [0.25, 0.3) is 0 Å². The minimum atomic E-state index is -3.21. The van der Waals surface area contributed by atoms with Gasteiger partial charge in [-0.1, -0.05) is 13.8 Å². The Hall–Kier alpha value is -1.47. The molecule has 0 unspecified atom stereocenters. The van der Waals surface area contributed by atoms with Crippen LogP contribution >= 0.6 is 0 Å². The lowest BCUT2D eigenvalue weighted by Crippen LogP contribution is -2.29. The summed E-state index contributed by atoms with van der Waals surface area (Å²) in [6, 6.07) is 5.31. The molecule has 114 valence electrons. The largest absolute Gasteiger partial charge is 0.493 e. The Morgan fingerprint density at radius 1 is 1.25 bits per heavy atom. The molecule has 0 atom stereocenters. The van der Waals surface area contributed by atoms with Crippen molar-refractivity contribution in [1.82, 2.24) is 4.72 Å². The zero-order chi connectivity index (χ0) is 15.0. The summed E-state index contributed by atoms with van der Waals surface area (Å²) in [6.07, 6.45) is 0.915. The molecule has 1 aromatic rings. The smallest absolute Gasteiger partial charge is 0.213 e. The molecule has 0 bridgehead atoms. The van der Waals surface area contributed by atoms with Crippen molar-refractivity contribution in [2.75, 3.05) is 36.5 Å². The Balaban J connectivity index is 2.57. The lowest BCUT2D eigenvalue weighted by Gasteiger charge is -2.11. The SMILES string of the molecule is CCCOc1cc(N)cc(NCCS(=O)(=O)NCC)c1. The average Bonchev–Trinajstić information content (AvgIpc) is 2.35. The average molecular weight is 301 g/mol. The van der Waals surface area contributed by atoms with E-state index in [0.29, 0.717) is 31.1 Å². The molecule has 0 saturated heterocycles. The fourth-order valence-electron chi connectivity index (χ4n) is 1.65. The summed E-state index contributed by atoms with van der Waals surface area (Å²) in [4.78, 5) is 0. The van der Waals surface area contributed by atoms with Gasteiger partial charge in [0.25, 0.3) is 0 Å². The van der Waals surface area contributed by atoms with Crippen LogP contribution in [-0.4, -0.2) is 33.9 Å². The first-order valence-electron chi connectivity index (χ1n) is 6.71. The van der Waals surface area contributed by atoms with Crippen molar-refractivity contribution in [2.45, 2.75) is 20.3 Å². The van der Waals surface area contributed by atoms with E-state index in [9.17, 15) is 8.42 Å². The number of nitrogens with two attached hydrogens (primary N) is 1. The van der Waals surface area contributed by atoms with E-state index in [2.05, 4.69) is 10.0 Å². The number of sulfonamides is 1. The zero-order valence-corrected chi connectivity index (χ0v) is 12.8. The number of hydrogen-bond acceptors (Lipinski definition) is 5. The maximum Gasteiger partial charge on any atom is 0.213 e. The lowest BCUT2D eigenvalue weighted by molar-refractivity contribution is 0.318. The molecule has 0 spiro atoms. The standard InChI is InChI=1S/C13H23N3O3S/c1-3-6-19-13-9-11(14)8-12(10-13)15-5-7-20(17,18)16-4-2/h8-10,15-16H,3-7,14H2,1-2H3. The van der Waals surface area contributed by atoms with Crippen molar-refractivity contribution in [3.63, 3.8) is 0 Å². The third-order valence-electron chi connectivity index (χ3n) is 2.47. The van der Waals surface area contributed by atoms with Gasteiger partial charge < -0.3 is 15.8 Å². The summed E-state index contributed by atoms with van der Waals surface area (Å²) in [6.45, 7) is 5.11. The van der Waals surface area contributed by atoms with Crippen molar-refractivity contribution < 1.29 is 13.2 Å². The van der Waals surface area contributed by atoms with Crippen LogP contribution in [0.3, 0.4) is 0 Å². The van der Waals surface area contributed by atoms with E-state index in [-0.39, 0.29) is 5.75 Å². The molecule has 0 fully saturated rings. The number of nitrogen functional groups attached to an aromatic ring is 1. The minimum Gasteiger partial charge on any atom is -0.493 e. The maximum atomic E-state index is 11.5. The zero-order valence-electron chi connectivity index (χ0n) is 12.0. The fraction of sp³-hybridized carbons (Fsp3) is 0.538. The molecule has 0 heterocycles. The number of nitrogens with one attached hydrogen (secondary N) is 2. The predicted molar refractivity (Wildman–Crippen MR) is 82.6 cm³/mol. The monoisotopic (exact) mass is 301 g/mol. The minimum absolute atomic E-state index is 0.0147. The van der Waals surface area contributed by atoms with Gasteiger partial charge in [0.05, 0.1) is 12.4 Å². The first-order chi connectivity index (χ1) is 9.46. The number of hydrogen-bond donors (Lipinski definition) is 3. The first kappa shape index (κ1) is 16.6. The van der Waals surface area contributed by atoms with E-state index >= 15 is 0 Å². The molecule has 0 aliphatic rings. The molecule has 0 amide bonds. The van der Waals surface area contributed by atoms with Crippen LogP contribution in [0.15, 0.2) is 18.2 Å². The summed E-state index contributed by atoms with van der Waals surface area (Å²) in [5.41, 5.74) is 7.12. The molecule has 1 rings (SSSR count). The molecule has 6 nitrogen and oxygen atoms in total. The van der Waals surface area contributed by atoms with Gasteiger partial charge in [0.1, 0.15) is 5.75 Å². The van der Waals surface area contributed by atoms with E-state index in [4.69, 9.17) is 10.5 Å². The summed E-state index contributed by atoms with van der Waals surface area (Å²) in [5, 5.41) is 3.04. The third-order valence-corrected chi connectivity index (χ3v) is 3.94. The molecular formula is C13H23N3O3S. The molecule has 1 aromatic carbocycles. The molecule has 7 heteroatoms. The second kappa shape index (κ2) is 7.96. The van der Waals surface area contributed by atoms with Crippen molar-refractivity contribution in [3.8, 4) is 5.75 Å². The van der Waals surface area contributed by atoms with Crippen molar-refractivity contribution >= 4 is 21.4 Å². The van der Waals surface area contributed by atoms with Crippen molar-refractivity contribution in [3.05, 3.63) is 18.2 Å². The topological polar surface area (TPSA) is 93.4 Å². The summed E-state index contributed by atoms with van der Waals surface area (Å²) in [5.74, 6) is 0.699. The molecule has 0 aromatic heterocycles. The summed E-state index contributed by atoms with van der Waals surface area (Å²) >= 11 is 0. The quantitative estimate of drug-likeness (QED) is 0.600.